The summed E-state index contributed by atoms with van der Waals surface area (Å²) in [5, 5.41) is 7.84. The van der Waals surface area contributed by atoms with Gasteiger partial charge in [0.15, 0.2) is 5.96 Å². The lowest BCUT2D eigenvalue weighted by Gasteiger charge is -2.36. The number of rotatable bonds is 5. The molecule has 1 saturated heterocycles. The van der Waals surface area contributed by atoms with Gasteiger partial charge in [-0.2, -0.15) is 0 Å². The molecule has 0 spiro atoms. The van der Waals surface area contributed by atoms with Crippen molar-refractivity contribution < 1.29 is 9.47 Å². The lowest BCUT2D eigenvalue weighted by Crippen LogP contribution is -2.50. The number of benzene rings is 1. The Morgan fingerprint density at radius 3 is 2.65 bits per heavy atom. The second-order valence-corrected chi connectivity index (χ2v) is 6.36. The molecule has 1 aliphatic rings. The Labute approximate surface area is 147 Å². The van der Waals surface area contributed by atoms with Gasteiger partial charge in [0, 0.05) is 63.3 Å². The highest BCUT2D eigenvalue weighted by Gasteiger charge is 2.32. The largest absolute Gasteiger partial charge is 0.381 e. The highest BCUT2D eigenvalue weighted by atomic mass is 35.5. The second kappa shape index (κ2) is 8.73. The van der Waals surface area contributed by atoms with Crippen LogP contribution in [0, 0.1) is 0 Å². The summed E-state index contributed by atoms with van der Waals surface area (Å²) < 4.78 is 11.1. The Balaban J connectivity index is 1.88. The molecule has 1 aliphatic heterocycles. The summed E-state index contributed by atoms with van der Waals surface area (Å²) in [6, 6.07) is 5.46. The Morgan fingerprint density at radius 2 is 2.04 bits per heavy atom. The van der Waals surface area contributed by atoms with Crippen molar-refractivity contribution in [2.45, 2.75) is 25.0 Å². The van der Waals surface area contributed by atoms with Gasteiger partial charge in [-0.3, -0.25) is 4.99 Å². The molecule has 5 nitrogen and oxygen atoms in total. The number of halogens is 2. The average Bonchev–Trinajstić information content (AvgIpc) is 2.57. The lowest BCUT2D eigenvalue weighted by atomic mass is 9.94. The number of hydrogen-bond donors (Lipinski definition) is 2. The number of guanidine groups is 1. The molecule has 1 aromatic rings. The van der Waals surface area contributed by atoms with E-state index in [4.69, 9.17) is 32.7 Å². The number of nitrogens with one attached hydrogen (secondary N) is 2. The second-order valence-electron chi connectivity index (χ2n) is 5.51. The van der Waals surface area contributed by atoms with Gasteiger partial charge in [0.2, 0.25) is 0 Å². The Morgan fingerprint density at radius 1 is 1.30 bits per heavy atom. The minimum Gasteiger partial charge on any atom is -0.381 e. The van der Waals surface area contributed by atoms with Crippen LogP contribution in [0.1, 0.15) is 18.4 Å². The zero-order chi connectivity index (χ0) is 16.7. The van der Waals surface area contributed by atoms with Crippen LogP contribution >= 0.6 is 23.2 Å². The molecule has 2 N–H and O–H groups in total. The smallest absolute Gasteiger partial charge is 0.191 e. The summed E-state index contributed by atoms with van der Waals surface area (Å²) in [5.41, 5.74) is 0.764. The van der Waals surface area contributed by atoms with E-state index in [1.165, 1.54) is 0 Å². The van der Waals surface area contributed by atoms with Gasteiger partial charge in [-0.25, -0.2) is 0 Å². The molecule has 0 bridgehead atoms. The highest BCUT2D eigenvalue weighted by Crippen LogP contribution is 2.23. The summed E-state index contributed by atoms with van der Waals surface area (Å²) in [6.45, 7) is 2.70. The van der Waals surface area contributed by atoms with Gasteiger partial charge in [0.05, 0.1) is 5.60 Å². The van der Waals surface area contributed by atoms with E-state index in [-0.39, 0.29) is 5.60 Å². The van der Waals surface area contributed by atoms with Gasteiger partial charge in [0.1, 0.15) is 0 Å². The number of methoxy groups -OCH3 is 1. The van der Waals surface area contributed by atoms with Gasteiger partial charge in [-0.05, 0) is 17.7 Å². The van der Waals surface area contributed by atoms with E-state index in [0.29, 0.717) is 29.1 Å². The quantitative estimate of drug-likeness (QED) is 0.626. The van der Waals surface area contributed by atoms with Crippen LogP contribution in [0.3, 0.4) is 0 Å². The van der Waals surface area contributed by atoms with Crippen LogP contribution in [0.4, 0.5) is 0 Å². The maximum absolute atomic E-state index is 6.18. The van der Waals surface area contributed by atoms with Crippen LogP contribution < -0.4 is 10.6 Å². The van der Waals surface area contributed by atoms with Crippen molar-refractivity contribution in [3.8, 4) is 0 Å². The monoisotopic (exact) mass is 359 g/mol. The molecule has 0 unspecified atom stereocenters. The molecule has 0 amide bonds. The van der Waals surface area contributed by atoms with Gasteiger partial charge < -0.3 is 20.1 Å². The fourth-order valence-electron chi connectivity index (χ4n) is 2.51. The molecule has 0 aromatic heterocycles. The van der Waals surface area contributed by atoms with Gasteiger partial charge in [-0.15, -0.1) is 0 Å². The highest BCUT2D eigenvalue weighted by molar-refractivity contribution is 6.35. The zero-order valence-corrected chi connectivity index (χ0v) is 15.0. The topological polar surface area (TPSA) is 54.9 Å². The van der Waals surface area contributed by atoms with E-state index in [1.54, 1.807) is 20.2 Å². The van der Waals surface area contributed by atoms with Gasteiger partial charge in [-0.1, -0.05) is 29.3 Å². The lowest BCUT2D eigenvalue weighted by molar-refractivity contribution is -0.0855. The van der Waals surface area contributed by atoms with E-state index < -0.39 is 0 Å². The van der Waals surface area contributed by atoms with Crippen molar-refractivity contribution in [1.82, 2.24) is 10.6 Å². The van der Waals surface area contributed by atoms with Crippen molar-refractivity contribution >= 4 is 29.2 Å². The van der Waals surface area contributed by atoms with Crippen molar-refractivity contribution in [2.75, 3.05) is 33.9 Å². The van der Waals surface area contributed by atoms with Crippen LogP contribution in [-0.4, -0.2) is 45.5 Å². The summed E-state index contributed by atoms with van der Waals surface area (Å²) in [7, 11) is 3.49. The maximum Gasteiger partial charge on any atom is 0.191 e. The molecule has 1 heterocycles. The molecule has 1 aromatic carbocycles. The van der Waals surface area contributed by atoms with Crippen LogP contribution in [0.5, 0.6) is 0 Å². The van der Waals surface area contributed by atoms with Crippen LogP contribution in [0.15, 0.2) is 23.2 Å². The third kappa shape index (κ3) is 5.24. The van der Waals surface area contributed by atoms with E-state index in [9.17, 15) is 0 Å². The Hall–Kier alpha value is -1.01. The molecule has 1 fully saturated rings. The van der Waals surface area contributed by atoms with Crippen LogP contribution in [0.2, 0.25) is 10.0 Å². The summed E-state index contributed by atoms with van der Waals surface area (Å²) in [6.07, 6.45) is 1.74. The SMILES string of the molecule is CN=C(NCc1ccc(Cl)cc1Cl)NCC1(OC)CCOCC1. The summed E-state index contributed by atoms with van der Waals surface area (Å²) in [5.74, 6) is 0.707. The van der Waals surface area contributed by atoms with Crippen molar-refractivity contribution in [1.29, 1.82) is 0 Å². The first-order valence-electron chi connectivity index (χ1n) is 7.60. The van der Waals surface area contributed by atoms with Crippen LogP contribution in [0.25, 0.3) is 0 Å². The molecular weight excluding hydrogens is 337 g/mol. The van der Waals surface area contributed by atoms with E-state index in [0.717, 1.165) is 31.6 Å². The van der Waals surface area contributed by atoms with Gasteiger partial charge >= 0.3 is 0 Å². The molecule has 0 radical (unpaired) electrons. The van der Waals surface area contributed by atoms with E-state index in [2.05, 4.69) is 15.6 Å². The molecule has 128 valence electrons. The van der Waals surface area contributed by atoms with E-state index >= 15 is 0 Å². The number of ether oxygens (including phenoxy) is 2. The van der Waals surface area contributed by atoms with E-state index in [1.807, 2.05) is 12.1 Å². The normalized spacial score (nSPS) is 17.8. The zero-order valence-electron chi connectivity index (χ0n) is 13.5. The Bertz CT molecular complexity index is 546. The molecule has 7 heteroatoms. The third-order valence-electron chi connectivity index (χ3n) is 4.10. The Kier molecular flexibility index (Phi) is 6.96. The van der Waals surface area contributed by atoms with Gasteiger partial charge in [0.25, 0.3) is 0 Å². The van der Waals surface area contributed by atoms with Crippen molar-refractivity contribution in [2.24, 2.45) is 4.99 Å². The molecule has 0 aliphatic carbocycles. The fourth-order valence-corrected chi connectivity index (χ4v) is 2.98. The maximum atomic E-state index is 6.18. The predicted octanol–water partition coefficient (Wildman–Crippen LogP) is 2.85. The average molecular weight is 360 g/mol. The third-order valence-corrected chi connectivity index (χ3v) is 4.69. The van der Waals surface area contributed by atoms with Crippen molar-refractivity contribution in [3.63, 3.8) is 0 Å². The van der Waals surface area contributed by atoms with Crippen molar-refractivity contribution in [3.05, 3.63) is 33.8 Å². The number of aliphatic imine (C=N–C) groups is 1. The molecule has 23 heavy (non-hydrogen) atoms. The standard InChI is InChI=1S/C16H23Cl2N3O2/c1-19-15(20-10-12-3-4-13(17)9-14(12)18)21-11-16(22-2)5-7-23-8-6-16/h3-4,9H,5-8,10-11H2,1-2H3,(H2,19,20,21). The number of hydrogen-bond acceptors (Lipinski definition) is 3. The molecule has 0 saturated carbocycles. The summed E-state index contributed by atoms with van der Waals surface area (Å²) in [4.78, 5) is 4.24. The first-order chi connectivity index (χ1) is 11.1. The molecule has 2 rings (SSSR count). The summed E-state index contributed by atoms with van der Waals surface area (Å²) >= 11 is 12.1. The molecular formula is C16H23Cl2N3O2. The van der Waals surface area contributed by atoms with Crippen LogP contribution in [-0.2, 0) is 16.0 Å². The predicted molar refractivity (Wildman–Crippen MR) is 94.5 cm³/mol. The first kappa shape index (κ1) is 18.3. The minimum absolute atomic E-state index is 0.201. The minimum atomic E-state index is -0.201. The fraction of sp³-hybridized carbons (Fsp3) is 0.562. The number of nitrogens with zero attached hydrogens (tertiary/aromatic N) is 1. The molecule has 0 atom stereocenters. The first-order valence-corrected chi connectivity index (χ1v) is 8.35.